The molecule has 1 aromatic carbocycles. The zero-order valence-electron chi connectivity index (χ0n) is 16.1. The van der Waals surface area contributed by atoms with E-state index in [1.165, 1.54) is 18.5 Å². The van der Waals surface area contributed by atoms with E-state index in [1.807, 2.05) is 24.0 Å². The molecule has 0 aliphatic carbocycles. The second-order valence-electron chi connectivity index (χ2n) is 7.05. The summed E-state index contributed by atoms with van der Waals surface area (Å²) in [6.45, 7) is 8.17. The first-order chi connectivity index (χ1) is 13.2. The molecule has 1 N–H and O–H groups in total. The summed E-state index contributed by atoms with van der Waals surface area (Å²) in [5, 5.41) is 8.83. The van der Waals surface area contributed by atoms with E-state index in [2.05, 4.69) is 51.4 Å². The molecule has 2 aromatic heterocycles. The van der Waals surface area contributed by atoms with Crippen LogP contribution in [0.15, 0.2) is 36.5 Å². The second kappa shape index (κ2) is 7.92. The molecule has 0 bridgehead atoms. The van der Waals surface area contributed by atoms with E-state index < -0.39 is 0 Å². The van der Waals surface area contributed by atoms with E-state index in [0.29, 0.717) is 0 Å². The highest BCUT2D eigenvalue weighted by Crippen LogP contribution is 2.24. The minimum absolute atomic E-state index is 0.728. The van der Waals surface area contributed by atoms with Crippen LogP contribution in [0.4, 0.5) is 11.8 Å². The van der Waals surface area contributed by atoms with Crippen molar-refractivity contribution in [2.45, 2.75) is 19.9 Å². The highest BCUT2D eigenvalue weighted by molar-refractivity contribution is 5.87. The van der Waals surface area contributed by atoms with Crippen LogP contribution in [0.3, 0.4) is 0 Å². The van der Waals surface area contributed by atoms with Crippen LogP contribution in [0.1, 0.15) is 18.9 Å². The Labute approximate surface area is 160 Å². The number of piperazine rings is 1. The smallest absolute Gasteiger partial charge is 0.229 e. The summed E-state index contributed by atoms with van der Waals surface area (Å²) in [5.41, 5.74) is 2.09. The Kier molecular flexibility index (Phi) is 5.20. The molecule has 1 fully saturated rings. The first kappa shape index (κ1) is 17.7. The van der Waals surface area contributed by atoms with Gasteiger partial charge >= 0.3 is 0 Å². The maximum Gasteiger partial charge on any atom is 0.229 e. The van der Waals surface area contributed by atoms with Gasteiger partial charge in [0.15, 0.2) is 5.65 Å². The molecule has 0 amide bonds. The van der Waals surface area contributed by atoms with Gasteiger partial charge in [0.2, 0.25) is 5.95 Å². The van der Waals surface area contributed by atoms with Crippen molar-refractivity contribution < 1.29 is 0 Å². The summed E-state index contributed by atoms with van der Waals surface area (Å²) in [5.74, 6) is 1.64. The number of rotatable bonds is 6. The molecular weight excluding hydrogens is 338 g/mol. The molecule has 1 aliphatic rings. The molecule has 0 spiro atoms. The molecule has 3 aromatic rings. The number of hydrogen-bond donors (Lipinski definition) is 1. The molecule has 0 atom stereocenters. The molecule has 0 radical (unpaired) electrons. The van der Waals surface area contributed by atoms with E-state index in [0.717, 1.165) is 55.5 Å². The summed E-state index contributed by atoms with van der Waals surface area (Å²) in [6, 6.07) is 10.4. The summed E-state index contributed by atoms with van der Waals surface area (Å²) in [4.78, 5) is 14.4. The molecule has 0 unspecified atom stereocenters. The third-order valence-electron chi connectivity index (χ3n) is 5.08. The number of aromatic nitrogens is 4. The Bertz CT molecular complexity index is 882. The van der Waals surface area contributed by atoms with Gasteiger partial charge in [-0.15, -0.1) is 0 Å². The number of nitrogens with one attached hydrogen (secondary N) is 1. The van der Waals surface area contributed by atoms with Gasteiger partial charge in [-0.25, -0.2) is 0 Å². The molecule has 1 aliphatic heterocycles. The maximum absolute atomic E-state index is 4.86. The maximum atomic E-state index is 4.86. The fourth-order valence-electron chi connectivity index (χ4n) is 3.56. The van der Waals surface area contributed by atoms with Crippen molar-refractivity contribution in [3.8, 4) is 0 Å². The monoisotopic (exact) mass is 365 g/mol. The Balaban J connectivity index is 1.57. The van der Waals surface area contributed by atoms with E-state index >= 15 is 0 Å². The van der Waals surface area contributed by atoms with Crippen LogP contribution in [0, 0.1) is 0 Å². The number of benzene rings is 1. The minimum atomic E-state index is 0.728. The SMILES string of the molecule is CCCN1CCN(c2nc(NCc3ccccc3)c3cnn(C)c3n2)CC1. The van der Waals surface area contributed by atoms with Crippen molar-refractivity contribution in [2.24, 2.45) is 7.05 Å². The predicted molar refractivity (Wildman–Crippen MR) is 109 cm³/mol. The topological polar surface area (TPSA) is 62.1 Å². The van der Waals surface area contributed by atoms with Gasteiger partial charge in [-0.05, 0) is 18.5 Å². The van der Waals surface area contributed by atoms with Crippen LogP contribution >= 0.6 is 0 Å². The third kappa shape index (κ3) is 3.88. The van der Waals surface area contributed by atoms with Crippen molar-refractivity contribution in [3.05, 3.63) is 42.1 Å². The van der Waals surface area contributed by atoms with E-state index in [1.54, 1.807) is 0 Å². The lowest BCUT2D eigenvalue weighted by molar-refractivity contribution is 0.257. The molecule has 7 heteroatoms. The Morgan fingerprint density at radius 1 is 1.04 bits per heavy atom. The van der Waals surface area contributed by atoms with Crippen LogP contribution in [0.5, 0.6) is 0 Å². The fourth-order valence-corrected chi connectivity index (χ4v) is 3.56. The number of anilines is 2. The Hall–Kier alpha value is -2.67. The first-order valence-electron chi connectivity index (χ1n) is 9.69. The molecule has 0 saturated carbocycles. The quantitative estimate of drug-likeness (QED) is 0.724. The molecular formula is C20H27N7. The van der Waals surface area contributed by atoms with Gasteiger partial charge in [0, 0.05) is 39.8 Å². The van der Waals surface area contributed by atoms with Crippen molar-refractivity contribution >= 4 is 22.8 Å². The van der Waals surface area contributed by atoms with E-state index in [9.17, 15) is 0 Å². The number of fused-ring (bicyclic) bond motifs is 1. The standard InChI is InChI=1S/C20H27N7/c1-3-9-26-10-12-27(13-11-26)20-23-18(17-15-22-25(2)19(17)24-20)21-14-16-7-5-4-6-8-16/h4-8,15H,3,9-14H2,1-2H3,(H,21,23,24). The number of aryl methyl sites for hydroxylation is 1. The number of nitrogens with zero attached hydrogens (tertiary/aromatic N) is 6. The van der Waals surface area contributed by atoms with Gasteiger partial charge in [-0.1, -0.05) is 37.3 Å². The van der Waals surface area contributed by atoms with Gasteiger partial charge in [0.05, 0.1) is 11.6 Å². The van der Waals surface area contributed by atoms with E-state index in [-0.39, 0.29) is 0 Å². The van der Waals surface area contributed by atoms with Crippen LogP contribution in [0.25, 0.3) is 11.0 Å². The lowest BCUT2D eigenvalue weighted by atomic mass is 10.2. The molecule has 7 nitrogen and oxygen atoms in total. The van der Waals surface area contributed by atoms with Crippen molar-refractivity contribution in [1.29, 1.82) is 0 Å². The lowest BCUT2D eigenvalue weighted by Gasteiger charge is -2.34. The minimum Gasteiger partial charge on any atom is -0.365 e. The van der Waals surface area contributed by atoms with Crippen LogP contribution in [-0.4, -0.2) is 57.4 Å². The molecule has 27 heavy (non-hydrogen) atoms. The second-order valence-corrected chi connectivity index (χ2v) is 7.05. The zero-order chi connectivity index (χ0) is 18.6. The predicted octanol–water partition coefficient (Wildman–Crippen LogP) is 2.51. The van der Waals surface area contributed by atoms with E-state index in [4.69, 9.17) is 9.97 Å². The van der Waals surface area contributed by atoms with Gasteiger partial charge in [-0.3, -0.25) is 9.58 Å². The normalized spacial score (nSPS) is 15.4. The Morgan fingerprint density at radius 3 is 2.56 bits per heavy atom. The average Bonchev–Trinajstić information content (AvgIpc) is 3.09. The van der Waals surface area contributed by atoms with Gasteiger partial charge in [0.25, 0.3) is 0 Å². The summed E-state index contributed by atoms with van der Waals surface area (Å²) in [6.07, 6.45) is 3.04. The lowest BCUT2D eigenvalue weighted by Crippen LogP contribution is -2.47. The molecule has 3 heterocycles. The molecule has 142 valence electrons. The van der Waals surface area contributed by atoms with Crippen LogP contribution in [-0.2, 0) is 13.6 Å². The number of hydrogen-bond acceptors (Lipinski definition) is 6. The highest BCUT2D eigenvalue weighted by Gasteiger charge is 2.21. The zero-order valence-corrected chi connectivity index (χ0v) is 16.1. The largest absolute Gasteiger partial charge is 0.365 e. The summed E-state index contributed by atoms with van der Waals surface area (Å²) in [7, 11) is 1.93. The first-order valence-corrected chi connectivity index (χ1v) is 9.69. The fraction of sp³-hybridized carbons (Fsp3) is 0.450. The highest BCUT2D eigenvalue weighted by atomic mass is 15.4. The van der Waals surface area contributed by atoms with Crippen molar-refractivity contribution in [1.82, 2.24) is 24.6 Å². The summed E-state index contributed by atoms with van der Waals surface area (Å²) < 4.78 is 1.82. The van der Waals surface area contributed by atoms with Crippen molar-refractivity contribution in [3.63, 3.8) is 0 Å². The molecule has 1 saturated heterocycles. The third-order valence-corrected chi connectivity index (χ3v) is 5.08. The summed E-state index contributed by atoms with van der Waals surface area (Å²) >= 11 is 0. The van der Waals surface area contributed by atoms with Crippen LogP contribution < -0.4 is 10.2 Å². The van der Waals surface area contributed by atoms with Gasteiger partial charge in [-0.2, -0.15) is 15.1 Å². The van der Waals surface area contributed by atoms with Crippen LogP contribution in [0.2, 0.25) is 0 Å². The van der Waals surface area contributed by atoms with Gasteiger partial charge in [0.1, 0.15) is 5.82 Å². The molecule has 4 rings (SSSR count). The average molecular weight is 365 g/mol. The van der Waals surface area contributed by atoms with Gasteiger partial charge < -0.3 is 10.2 Å². The van der Waals surface area contributed by atoms with Crippen molar-refractivity contribution in [2.75, 3.05) is 42.9 Å². The Morgan fingerprint density at radius 2 is 1.81 bits per heavy atom.